The molecule has 0 bridgehead atoms. The normalized spacial score (nSPS) is 10.1. The average molecular weight is 264 g/mol. The van der Waals surface area contributed by atoms with Crippen molar-refractivity contribution >= 4 is 11.8 Å². The fraction of sp³-hybridized carbons (Fsp3) is 0.467. The Labute approximate surface area is 113 Å². The first kappa shape index (κ1) is 15.2. The lowest BCUT2D eigenvalue weighted by Crippen LogP contribution is -2.15. The van der Waals surface area contributed by atoms with Gasteiger partial charge in [-0.2, -0.15) is 0 Å². The maximum Gasteiger partial charge on any atom is 0.374 e. The van der Waals surface area contributed by atoms with E-state index in [0.717, 1.165) is 23.3 Å². The minimum atomic E-state index is -0.768. The molecular weight excluding hydrogens is 244 g/mol. The number of ether oxygens (including phenoxy) is 2. The van der Waals surface area contributed by atoms with Gasteiger partial charge in [0, 0.05) is 6.42 Å². The van der Waals surface area contributed by atoms with Gasteiger partial charge in [0.15, 0.2) is 0 Å². The van der Waals surface area contributed by atoms with Crippen LogP contribution in [0.5, 0.6) is 5.75 Å². The van der Waals surface area contributed by atoms with Crippen molar-refractivity contribution in [2.45, 2.75) is 33.1 Å². The molecule has 0 N–H and O–H groups in total. The molecule has 104 valence electrons. The second-order valence-corrected chi connectivity index (χ2v) is 4.49. The maximum atomic E-state index is 11.2. The summed E-state index contributed by atoms with van der Waals surface area (Å²) in [4.78, 5) is 22.1. The number of methoxy groups -OCH3 is 1. The van der Waals surface area contributed by atoms with E-state index >= 15 is 0 Å². The van der Waals surface area contributed by atoms with Crippen LogP contribution in [0.25, 0.3) is 0 Å². The third-order valence-electron chi connectivity index (χ3n) is 2.81. The van der Waals surface area contributed by atoms with Crippen molar-refractivity contribution in [3.63, 3.8) is 0 Å². The number of rotatable bonds is 7. The van der Waals surface area contributed by atoms with Crippen LogP contribution >= 0.6 is 0 Å². The van der Waals surface area contributed by atoms with Gasteiger partial charge in [-0.25, -0.2) is 4.79 Å². The SMILES string of the molecule is COC(=O)C(=O)CCCCOc1cc(C)ccc1C. The molecule has 0 amide bonds. The highest BCUT2D eigenvalue weighted by atomic mass is 16.5. The zero-order valence-corrected chi connectivity index (χ0v) is 11.7. The summed E-state index contributed by atoms with van der Waals surface area (Å²) in [5.41, 5.74) is 2.25. The Balaban J connectivity index is 2.26. The van der Waals surface area contributed by atoms with Gasteiger partial charge in [0.25, 0.3) is 0 Å². The largest absolute Gasteiger partial charge is 0.493 e. The summed E-state index contributed by atoms with van der Waals surface area (Å²) in [6.07, 6.45) is 1.57. The Hall–Kier alpha value is -1.84. The summed E-state index contributed by atoms with van der Waals surface area (Å²) >= 11 is 0. The van der Waals surface area contributed by atoms with Gasteiger partial charge >= 0.3 is 5.97 Å². The standard InChI is InChI=1S/C15H20O4/c1-11-7-8-12(2)14(10-11)19-9-5-4-6-13(16)15(17)18-3/h7-8,10H,4-6,9H2,1-3H3. The smallest absolute Gasteiger partial charge is 0.374 e. The number of carbonyl (C=O) groups excluding carboxylic acids is 2. The van der Waals surface area contributed by atoms with E-state index in [1.54, 1.807) is 0 Å². The molecule has 1 aromatic carbocycles. The van der Waals surface area contributed by atoms with E-state index in [1.807, 2.05) is 32.0 Å². The van der Waals surface area contributed by atoms with Crippen LogP contribution in [0.3, 0.4) is 0 Å². The quantitative estimate of drug-likeness (QED) is 0.431. The lowest BCUT2D eigenvalue weighted by molar-refractivity contribution is -0.151. The third-order valence-corrected chi connectivity index (χ3v) is 2.81. The van der Waals surface area contributed by atoms with Crippen molar-refractivity contribution in [1.29, 1.82) is 0 Å². The molecule has 0 heterocycles. The van der Waals surface area contributed by atoms with Gasteiger partial charge in [-0.05, 0) is 43.9 Å². The lowest BCUT2D eigenvalue weighted by Gasteiger charge is -2.09. The fourth-order valence-corrected chi connectivity index (χ4v) is 1.65. The van der Waals surface area contributed by atoms with Crippen molar-refractivity contribution in [2.75, 3.05) is 13.7 Å². The van der Waals surface area contributed by atoms with Crippen LogP contribution in [0.1, 0.15) is 30.4 Å². The molecule has 4 nitrogen and oxygen atoms in total. The van der Waals surface area contributed by atoms with Crippen LogP contribution in [0.15, 0.2) is 18.2 Å². The number of unbranched alkanes of at least 4 members (excludes halogenated alkanes) is 1. The molecular formula is C15H20O4. The first-order chi connectivity index (χ1) is 9.04. The van der Waals surface area contributed by atoms with E-state index in [9.17, 15) is 9.59 Å². The van der Waals surface area contributed by atoms with Gasteiger partial charge in [-0.1, -0.05) is 12.1 Å². The summed E-state index contributed by atoms with van der Waals surface area (Å²) in [5, 5.41) is 0. The highest BCUT2D eigenvalue weighted by Crippen LogP contribution is 2.19. The number of Topliss-reactive ketones (excluding diaryl/α,β-unsaturated/α-hetero) is 1. The molecule has 0 atom stereocenters. The molecule has 0 radical (unpaired) electrons. The average Bonchev–Trinajstić information content (AvgIpc) is 2.40. The first-order valence-corrected chi connectivity index (χ1v) is 6.36. The first-order valence-electron chi connectivity index (χ1n) is 6.36. The second-order valence-electron chi connectivity index (χ2n) is 4.49. The van der Waals surface area contributed by atoms with Gasteiger partial charge < -0.3 is 9.47 Å². The number of benzene rings is 1. The Morgan fingerprint density at radius 1 is 1.16 bits per heavy atom. The zero-order valence-electron chi connectivity index (χ0n) is 11.7. The minimum absolute atomic E-state index is 0.211. The predicted octanol–water partition coefficient (Wildman–Crippen LogP) is 2.59. The molecule has 1 rings (SSSR count). The molecule has 0 saturated heterocycles. The van der Waals surface area contributed by atoms with Crippen LogP contribution in [0.4, 0.5) is 0 Å². The summed E-state index contributed by atoms with van der Waals surface area (Å²) < 4.78 is 10.0. The fourth-order valence-electron chi connectivity index (χ4n) is 1.65. The van der Waals surface area contributed by atoms with Crippen molar-refractivity contribution in [1.82, 2.24) is 0 Å². The highest BCUT2D eigenvalue weighted by molar-refractivity contribution is 6.33. The van der Waals surface area contributed by atoms with E-state index < -0.39 is 11.8 Å². The molecule has 0 aromatic heterocycles. The molecule has 0 aliphatic carbocycles. The Morgan fingerprint density at radius 3 is 2.58 bits per heavy atom. The Kier molecular flexibility index (Phi) is 6.06. The number of esters is 1. The molecule has 0 aliphatic rings. The topological polar surface area (TPSA) is 52.6 Å². The molecule has 0 fully saturated rings. The van der Waals surface area contributed by atoms with E-state index in [2.05, 4.69) is 4.74 Å². The van der Waals surface area contributed by atoms with Crippen LogP contribution in [-0.4, -0.2) is 25.5 Å². The number of carbonyl (C=O) groups is 2. The number of ketones is 1. The van der Waals surface area contributed by atoms with Crippen molar-refractivity contribution in [3.8, 4) is 5.75 Å². The van der Waals surface area contributed by atoms with Crippen LogP contribution in [0, 0.1) is 13.8 Å². The molecule has 0 spiro atoms. The second kappa shape index (κ2) is 7.56. The van der Waals surface area contributed by atoms with Gasteiger partial charge in [-0.15, -0.1) is 0 Å². The van der Waals surface area contributed by atoms with E-state index in [-0.39, 0.29) is 6.42 Å². The maximum absolute atomic E-state index is 11.2. The van der Waals surface area contributed by atoms with E-state index in [1.165, 1.54) is 7.11 Å². The Morgan fingerprint density at radius 2 is 1.89 bits per heavy atom. The summed E-state index contributed by atoms with van der Waals surface area (Å²) in [6.45, 7) is 4.55. The molecule has 19 heavy (non-hydrogen) atoms. The molecule has 1 aromatic rings. The third kappa shape index (κ3) is 5.12. The highest BCUT2D eigenvalue weighted by Gasteiger charge is 2.12. The molecule has 0 aliphatic heterocycles. The van der Waals surface area contributed by atoms with E-state index in [4.69, 9.17) is 4.74 Å². The Bertz CT molecular complexity index is 451. The van der Waals surface area contributed by atoms with E-state index in [0.29, 0.717) is 13.0 Å². The van der Waals surface area contributed by atoms with Crippen LogP contribution < -0.4 is 4.74 Å². The van der Waals surface area contributed by atoms with Gasteiger partial charge in [0.05, 0.1) is 13.7 Å². The van der Waals surface area contributed by atoms with Crippen molar-refractivity contribution in [2.24, 2.45) is 0 Å². The predicted molar refractivity (Wildman–Crippen MR) is 72.3 cm³/mol. The lowest BCUT2D eigenvalue weighted by atomic mass is 10.1. The zero-order chi connectivity index (χ0) is 14.3. The molecule has 0 unspecified atom stereocenters. The van der Waals surface area contributed by atoms with Crippen LogP contribution in [0.2, 0.25) is 0 Å². The van der Waals surface area contributed by atoms with Crippen molar-refractivity contribution < 1.29 is 19.1 Å². The summed E-state index contributed by atoms with van der Waals surface area (Å²) in [7, 11) is 1.21. The number of aryl methyl sites for hydroxylation is 2. The van der Waals surface area contributed by atoms with Crippen molar-refractivity contribution in [3.05, 3.63) is 29.3 Å². The van der Waals surface area contributed by atoms with Gasteiger partial charge in [0.1, 0.15) is 5.75 Å². The molecule has 0 saturated carbocycles. The monoisotopic (exact) mass is 264 g/mol. The van der Waals surface area contributed by atoms with Crippen LogP contribution in [-0.2, 0) is 14.3 Å². The van der Waals surface area contributed by atoms with Gasteiger partial charge in [0.2, 0.25) is 5.78 Å². The molecule has 4 heteroatoms. The number of hydrogen-bond acceptors (Lipinski definition) is 4. The minimum Gasteiger partial charge on any atom is -0.493 e. The summed E-state index contributed by atoms with van der Waals surface area (Å²) in [5.74, 6) is -0.371. The van der Waals surface area contributed by atoms with Gasteiger partial charge in [-0.3, -0.25) is 4.79 Å². The summed E-state index contributed by atoms with van der Waals surface area (Å²) in [6, 6.07) is 6.05. The number of hydrogen-bond donors (Lipinski definition) is 0.